The lowest BCUT2D eigenvalue weighted by Gasteiger charge is -2.15. The highest BCUT2D eigenvalue weighted by Crippen LogP contribution is 2.27. The molecule has 3 rings (SSSR count). The van der Waals surface area contributed by atoms with E-state index in [1.165, 1.54) is 18.2 Å². The van der Waals surface area contributed by atoms with E-state index in [0.29, 0.717) is 27.6 Å². The van der Waals surface area contributed by atoms with E-state index < -0.39 is 10.8 Å². The standard InChI is InChI=1S/C20H18Cl2N4O4S/c1-11(2)9-25-19(28)14-5-3-12(21)7-17(14)24-20(25)31-10-18(27)23-16-6-4-13(26(29)30)8-15(16)22/h3-8,11H,9-10H2,1-2H3,(H,23,27). The zero-order valence-electron chi connectivity index (χ0n) is 16.6. The second-order valence-corrected chi connectivity index (χ2v) is 8.91. The molecule has 1 amide bonds. The van der Waals surface area contributed by atoms with Gasteiger partial charge in [-0.1, -0.05) is 48.8 Å². The summed E-state index contributed by atoms with van der Waals surface area (Å²) in [6.07, 6.45) is 0. The third-order valence-corrected chi connectivity index (χ3v) is 5.72. The second-order valence-electron chi connectivity index (χ2n) is 7.12. The summed E-state index contributed by atoms with van der Waals surface area (Å²) < 4.78 is 1.55. The van der Waals surface area contributed by atoms with Crippen molar-refractivity contribution in [3.05, 3.63) is 66.9 Å². The molecule has 1 N–H and O–H groups in total. The zero-order valence-corrected chi connectivity index (χ0v) is 18.9. The number of nitro groups is 1. The van der Waals surface area contributed by atoms with Gasteiger partial charge in [0.1, 0.15) is 0 Å². The monoisotopic (exact) mass is 480 g/mol. The van der Waals surface area contributed by atoms with E-state index in [1.54, 1.807) is 22.8 Å². The Morgan fingerprint density at radius 3 is 2.65 bits per heavy atom. The minimum atomic E-state index is -0.570. The molecule has 2 aromatic carbocycles. The van der Waals surface area contributed by atoms with Crippen LogP contribution in [0.3, 0.4) is 0 Å². The predicted molar refractivity (Wildman–Crippen MR) is 123 cm³/mol. The normalized spacial score (nSPS) is 11.1. The van der Waals surface area contributed by atoms with Crippen molar-refractivity contribution in [1.82, 2.24) is 9.55 Å². The van der Waals surface area contributed by atoms with E-state index in [0.717, 1.165) is 11.8 Å². The largest absolute Gasteiger partial charge is 0.324 e. The molecule has 11 heteroatoms. The number of amides is 1. The van der Waals surface area contributed by atoms with Crippen LogP contribution in [0.15, 0.2) is 46.3 Å². The quantitative estimate of drug-likeness (QED) is 0.220. The van der Waals surface area contributed by atoms with Crippen molar-refractivity contribution in [3.63, 3.8) is 0 Å². The molecule has 0 bridgehead atoms. The maximum Gasteiger partial charge on any atom is 0.271 e. The fraction of sp³-hybridized carbons (Fsp3) is 0.250. The van der Waals surface area contributed by atoms with Crippen molar-refractivity contribution in [3.8, 4) is 0 Å². The number of carbonyl (C=O) groups is 1. The van der Waals surface area contributed by atoms with Crippen LogP contribution >= 0.6 is 35.0 Å². The van der Waals surface area contributed by atoms with Gasteiger partial charge in [0.25, 0.3) is 11.2 Å². The Morgan fingerprint density at radius 2 is 2.00 bits per heavy atom. The Labute approximate surface area is 191 Å². The summed E-state index contributed by atoms with van der Waals surface area (Å²) in [5, 5.41) is 14.8. The van der Waals surface area contributed by atoms with Gasteiger partial charge in [-0.2, -0.15) is 0 Å². The third-order valence-electron chi connectivity index (χ3n) is 4.20. The SMILES string of the molecule is CC(C)Cn1c(SCC(=O)Nc2ccc([N+](=O)[O-])cc2Cl)nc2cc(Cl)ccc2c1=O. The first-order valence-corrected chi connectivity index (χ1v) is 11.0. The Kier molecular flexibility index (Phi) is 7.19. The fourth-order valence-corrected chi connectivity index (χ4v) is 4.04. The first kappa shape index (κ1) is 23.1. The van der Waals surface area contributed by atoms with Gasteiger partial charge in [-0.3, -0.25) is 24.3 Å². The number of non-ortho nitro benzene ring substituents is 1. The molecule has 31 heavy (non-hydrogen) atoms. The number of nitrogens with one attached hydrogen (secondary N) is 1. The molecule has 1 aromatic heterocycles. The molecule has 0 unspecified atom stereocenters. The number of hydrogen-bond acceptors (Lipinski definition) is 6. The molecule has 0 aliphatic carbocycles. The van der Waals surface area contributed by atoms with E-state index in [2.05, 4.69) is 10.3 Å². The zero-order chi connectivity index (χ0) is 22.7. The van der Waals surface area contributed by atoms with Crippen LogP contribution in [-0.2, 0) is 11.3 Å². The van der Waals surface area contributed by atoms with Gasteiger partial charge in [0.15, 0.2) is 5.16 Å². The molecule has 0 spiro atoms. The van der Waals surface area contributed by atoms with Crippen molar-refractivity contribution >= 4 is 63.1 Å². The molecule has 0 atom stereocenters. The summed E-state index contributed by atoms with van der Waals surface area (Å²) in [7, 11) is 0. The summed E-state index contributed by atoms with van der Waals surface area (Å²) in [5.74, 6) is -0.238. The molecule has 162 valence electrons. The molecular formula is C20H18Cl2N4O4S. The maximum atomic E-state index is 13.0. The van der Waals surface area contributed by atoms with Crippen LogP contribution < -0.4 is 10.9 Å². The van der Waals surface area contributed by atoms with E-state index in [1.807, 2.05) is 13.8 Å². The number of halogens is 2. The molecule has 3 aromatic rings. The lowest BCUT2D eigenvalue weighted by Crippen LogP contribution is -2.26. The number of nitrogens with zero attached hydrogens (tertiary/aromatic N) is 3. The van der Waals surface area contributed by atoms with Gasteiger partial charge in [-0.05, 0) is 30.2 Å². The molecule has 0 radical (unpaired) electrons. The van der Waals surface area contributed by atoms with E-state index in [4.69, 9.17) is 23.2 Å². The number of anilines is 1. The van der Waals surface area contributed by atoms with Crippen LogP contribution in [0.1, 0.15) is 13.8 Å². The number of hydrogen-bond donors (Lipinski definition) is 1. The first-order valence-electron chi connectivity index (χ1n) is 9.22. The number of carbonyl (C=O) groups excluding carboxylic acids is 1. The summed E-state index contributed by atoms with van der Waals surface area (Å²) in [4.78, 5) is 40.2. The minimum absolute atomic E-state index is 0.0378. The highest BCUT2D eigenvalue weighted by molar-refractivity contribution is 7.99. The Bertz CT molecular complexity index is 1230. The fourth-order valence-electron chi connectivity index (χ4n) is 2.85. The van der Waals surface area contributed by atoms with Crippen LogP contribution in [-0.4, -0.2) is 26.1 Å². The summed E-state index contributed by atoms with van der Waals surface area (Å²) in [6, 6.07) is 8.68. The van der Waals surface area contributed by atoms with E-state index in [-0.39, 0.29) is 33.6 Å². The molecular weight excluding hydrogens is 463 g/mol. The van der Waals surface area contributed by atoms with Crippen molar-refractivity contribution < 1.29 is 9.72 Å². The van der Waals surface area contributed by atoms with Gasteiger partial charge in [-0.15, -0.1) is 0 Å². The van der Waals surface area contributed by atoms with Gasteiger partial charge < -0.3 is 5.32 Å². The van der Waals surface area contributed by atoms with E-state index >= 15 is 0 Å². The first-order chi connectivity index (χ1) is 14.7. The maximum absolute atomic E-state index is 13.0. The second kappa shape index (κ2) is 9.67. The third kappa shape index (κ3) is 5.55. The van der Waals surface area contributed by atoms with Crippen molar-refractivity contribution in [1.29, 1.82) is 0 Å². The van der Waals surface area contributed by atoms with Crippen LogP contribution in [0.5, 0.6) is 0 Å². The van der Waals surface area contributed by atoms with Gasteiger partial charge in [0.05, 0.1) is 32.3 Å². The lowest BCUT2D eigenvalue weighted by atomic mass is 10.2. The number of fused-ring (bicyclic) bond motifs is 1. The topological polar surface area (TPSA) is 107 Å². The molecule has 0 saturated heterocycles. The van der Waals surface area contributed by atoms with Crippen LogP contribution in [0.2, 0.25) is 10.0 Å². The van der Waals surface area contributed by atoms with Gasteiger partial charge in [0, 0.05) is 23.7 Å². The van der Waals surface area contributed by atoms with Crippen LogP contribution in [0, 0.1) is 16.0 Å². The summed E-state index contributed by atoms with van der Waals surface area (Å²) >= 11 is 13.2. The highest BCUT2D eigenvalue weighted by Gasteiger charge is 2.16. The summed E-state index contributed by atoms with van der Waals surface area (Å²) in [6.45, 7) is 4.41. The molecule has 0 aliphatic rings. The predicted octanol–water partition coefficient (Wildman–Crippen LogP) is 5.00. The van der Waals surface area contributed by atoms with E-state index in [9.17, 15) is 19.7 Å². The molecule has 1 heterocycles. The Balaban J connectivity index is 1.83. The van der Waals surface area contributed by atoms with Crippen LogP contribution in [0.4, 0.5) is 11.4 Å². The number of rotatable bonds is 7. The Morgan fingerprint density at radius 1 is 1.26 bits per heavy atom. The number of nitro benzene ring substituents is 1. The average molecular weight is 481 g/mol. The average Bonchev–Trinajstić information content (AvgIpc) is 2.69. The number of benzene rings is 2. The van der Waals surface area contributed by atoms with Gasteiger partial charge in [-0.25, -0.2) is 4.98 Å². The summed E-state index contributed by atoms with van der Waals surface area (Å²) in [5.41, 5.74) is 0.348. The molecule has 0 saturated carbocycles. The lowest BCUT2D eigenvalue weighted by molar-refractivity contribution is -0.384. The van der Waals surface area contributed by atoms with Crippen molar-refractivity contribution in [2.45, 2.75) is 25.5 Å². The number of aromatic nitrogens is 2. The molecule has 0 fully saturated rings. The highest BCUT2D eigenvalue weighted by atomic mass is 35.5. The minimum Gasteiger partial charge on any atom is -0.324 e. The molecule has 0 aliphatic heterocycles. The van der Waals surface area contributed by atoms with Crippen molar-refractivity contribution in [2.75, 3.05) is 11.1 Å². The van der Waals surface area contributed by atoms with Gasteiger partial charge >= 0.3 is 0 Å². The Hall–Kier alpha value is -2.62. The van der Waals surface area contributed by atoms with Crippen molar-refractivity contribution in [2.24, 2.45) is 5.92 Å². The van der Waals surface area contributed by atoms with Crippen LogP contribution in [0.25, 0.3) is 10.9 Å². The smallest absolute Gasteiger partial charge is 0.271 e. The molecule has 8 nitrogen and oxygen atoms in total. The van der Waals surface area contributed by atoms with Gasteiger partial charge in [0.2, 0.25) is 5.91 Å². The number of thioether (sulfide) groups is 1.